The molecule has 2 aliphatic rings. The van der Waals surface area contributed by atoms with Gasteiger partial charge in [0.2, 0.25) is 11.8 Å². The minimum absolute atomic E-state index is 0.0266. The standard InChI is InChI=1S/C20H23BrClN3O3/c1-13(26)25-8-6-16(7-9-25)28-19-10-18(23-12-17(19)21)20(27)24-11-14-2-4-15(22)5-3-14/h2-5,10,12,16,18,23H,6-9,11H2,1H3,(H,24,27). The average Bonchev–Trinajstić information content (AvgIpc) is 2.69. The zero-order valence-corrected chi connectivity index (χ0v) is 17.9. The average molecular weight is 469 g/mol. The monoisotopic (exact) mass is 467 g/mol. The third kappa shape index (κ3) is 5.52. The van der Waals surface area contributed by atoms with Gasteiger partial charge in [-0.1, -0.05) is 23.7 Å². The van der Waals surface area contributed by atoms with Crippen LogP contribution < -0.4 is 10.6 Å². The van der Waals surface area contributed by atoms with Crippen molar-refractivity contribution in [2.45, 2.75) is 38.5 Å². The third-order valence-electron chi connectivity index (χ3n) is 4.79. The van der Waals surface area contributed by atoms with E-state index in [1.165, 1.54) is 0 Å². The summed E-state index contributed by atoms with van der Waals surface area (Å²) < 4.78 is 6.87. The van der Waals surface area contributed by atoms with Gasteiger partial charge in [-0.3, -0.25) is 9.59 Å². The zero-order valence-electron chi connectivity index (χ0n) is 15.6. The molecule has 2 heterocycles. The number of likely N-dealkylation sites (tertiary alicyclic amines) is 1. The number of rotatable bonds is 5. The van der Waals surface area contributed by atoms with Crippen LogP contribution in [0, 0.1) is 0 Å². The molecule has 2 aliphatic heterocycles. The minimum Gasteiger partial charge on any atom is -0.489 e. The minimum atomic E-state index is -0.513. The number of dihydropyridines is 1. The van der Waals surface area contributed by atoms with Crippen LogP contribution in [0.2, 0.25) is 5.02 Å². The summed E-state index contributed by atoms with van der Waals surface area (Å²) in [6.45, 7) is 3.39. The number of hydrogen-bond acceptors (Lipinski definition) is 4. The van der Waals surface area contributed by atoms with Gasteiger partial charge < -0.3 is 20.3 Å². The highest BCUT2D eigenvalue weighted by Gasteiger charge is 2.26. The fourth-order valence-electron chi connectivity index (χ4n) is 3.13. The number of nitrogens with one attached hydrogen (secondary N) is 2. The highest BCUT2D eigenvalue weighted by atomic mass is 79.9. The van der Waals surface area contributed by atoms with Gasteiger partial charge in [-0.15, -0.1) is 0 Å². The second-order valence-corrected chi connectivity index (χ2v) is 8.13. The van der Waals surface area contributed by atoms with Gasteiger partial charge in [0.15, 0.2) is 0 Å². The molecule has 0 radical (unpaired) electrons. The van der Waals surface area contributed by atoms with E-state index in [2.05, 4.69) is 26.6 Å². The van der Waals surface area contributed by atoms with E-state index in [1.54, 1.807) is 31.3 Å². The molecule has 3 rings (SSSR count). The highest BCUT2D eigenvalue weighted by Crippen LogP contribution is 2.26. The van der Waals surface area contributed by atoms with E-state index in [9.17, 15) is 9.59 Å². The molecule has 1 unspecified atom stereocenters. The molecule has 8 heteroatoms. The summed E-state index contributed by atoms with van der Waals surface area (Å²) in [6.07, 6.45) is 5.08. The van der Waals surface area contributed by atoms with E-state index in [0.29, 0.717) is 30.4 Å². The quantitative estimate of drug-likeness (QED) is 0.697. The predicted molar refractivity (Wildman–Crippen MR) is 112 cm³/mol. The first-order chi connectivity index (χ1) is 13.4. The summed E-state index contributed by atoms with van der Waals surface area (Å²) in [4.78, 5) is 25.8. The maximum atomic E-state index is 12.5. The first-order valence-electron chi connectivity index (χ1n) is 9.20. The fraction of sp³-hybridized carbons (Fsp3) is 0.400. The van der Waals surface area contributed by atoms with Gasteiger partial charge in [-0.2, -0.15) is 0 Å². The first-order valence-corrected chi connectivity index (χ1v) is 10.4. The third-order valence-corrected chi connectivity index (χ3v) is 5.66. The molecule has 28 heavy (non-hydrogen) atoms. The zero-order chi connectivity index (χ0) is 20.1. The van der Waals surface area contributed by atoms with Crippen molar-refractivity contribution in [1.29, 1.82) is 0 Å². The highest BCUT2D eigenvalue weighted by molar-refractivity contribution is 9.11. The number of carbonyl (C=O) groups excluding carboxylic acids is 2. The Balaban J connectivity index is 1.54. The summed E-state index contributed by atoms with van der Waals surface area (Å²) in [5.41, 5.74) is 0.975. The molecule has 1 atom stereocenters. The molecule has 0 spiro atoms. The SMILES string of the molecule is CC(=O)N1CCC(OC2=CC(C(=O)NCc3ccc(Cl)cc3)NC=C2Br)CC1. The molecule has 0 saturated carbocycles. The Morgan fingerprint density at radius 2 is 1.96 bits per heavy atom. The smallest absolute Gasteiger partial charge is 0.246 e. The van der Waals surface area contributed by atoms with Crippen molar-refractivity contribution in [3.63, 3.8) is 0 Å². The molecular formula is C20H23BrClN3O3. The number of hydrogen-bond donors (Lipinski definition) is 2. The Labute approximate surface area is 178 Å². The molecule has 0 bridgehead atoms. The molecule has 1 saturated heterocycles. The van der Waals surface area contributed by atoms with Crippen molar-refractivity contribution < 1.29 is 14.3 Å². The number of halogens is 2. The van der Waals surface area contributed by atoms with Crippen LogP contribution >= 0.6 is 27.5 Å². The van der Waals surface area contributed by atoms with Gasteiger partial charge in [0.05, 0.1) is 4.48 Å². The number of allylic oxidation sites excluding steroid dienone is 1. The molecule has 150 valence electrons. The topological polar surface area (TPSA) is 70.7 Å². The van der Waals surface area contributed by atoms with Crippen molar-refractivity contribution in [3.8, 4) is 0 Å². The molecule has 1 fully saturated rings. The van der Waals surface area contributed by atoms with Crippen molar-refractivity contribution in [1.82, 2.24) is 15.5 Å². The second kappa shape index (κ2) is 9.47. The maximum absolute atomic E-state index is 12.5. The number of benzene rings is 1. The normalized spacial score (nSPS) is 20.0. The predicted octanol–water partition coefficient (Wildman–Crippen LogP) is 3.08. The van der Waals surface area contributed by atoms with Crippen LogP contribution in [-0.2, 0) is 20.9 Å². The maximum Gasteiger partial charge on any atom is 0.246 e. The molecule has 1 aromatic rings. The van der Waals surface area contributed by atoms with Crippen molar-refractivity contribution >= 4 is 39.3 Å². The van der Waals surface area contributed by atoms with Gasteiger partial charge in [0, 0.05) is 50.6 Å². The molecule has 2 N–H and O–H groups in total. The van der Waals surface area contributed by atoms with Crippen molar-refractivity contribution in [2.75, 3.05) is 13.1 Å². The fourth-order valence-corrected chi connectivity index (χ4v) is 3.61. The summed E-state index contributed by atoms with van der Waals surface area (Å²) in [7, 11) is 0. The van der Waals surface area contributed by atoms with Crippen LogP contribution in [0.3, 0.4) is 0 Å². The summed E-state index contributed by atoms with van der Waals surface area (Å²) in [5.74, 6) is 0.600. The number of piperidine rings is 1. The first kappa shape index (κ1) is 20.7. The van der Waals surface area contributed by atoms with Gasteiger partial charge in [-0.25, -0.2) is 0 Å². The lowest BCUT2D eigenvalue weighted by atomic mass is 10.1. The van der Waals surface area contributed by atoms with Crippen LogP contribution in [0.4, 0.5) is 0 Å². The number of nitrogens with zero attached hydrogens (tertiary/aromatic N) is 1. The Morgan fingerprint density at radius 3 is 2.61 bits per heavy atom. The molecule has 0 aliphatic carbocycles. The number of ether oxygens (including phenoxy) is 1. The molecule has 2 amide bonds. The Hall–Kier alpha value is -1.99. The van der Waals surface area contributed by atoms with Crippen LogP contribution in [-0.4, -0.2) is 41.9 Å². The van der Waals surface area contributed by atoms with E-state index >= 15 is 0 Å². The summed E-state index contributed by atoms with van der Waals surface area (Å²) in [6, 6.07) is 6.84. The van der Waals surface area contributed by atoms with Crippen LogP contribution in [0.5, 0.6) is 0 Å². The van der Waals surface area contributed by atoms with E-state index < -0.39 is 6.04 Å². The molecular weight excluding hydrogens is 446 g/mol. The lowest BCUT2D eigenvalue weighted by Gasteiger charge is -2.33. The Morgan fingerprint density at radius 1 is 1.29 bits per heavy atom. The lowest BCUT2D eigenvalue weighted by Crippen LogP contribution is -2.43. The van der Waals surface area contributed by atoms with Gasteiger partial charge in [0.1, 0.15) is 17.9 Å². The van der Waals surface area contributed by atoms with E-state index in [0.717, 1.165) is 22.9 Å². The van der Waals surface area contributed by atoms with Crippen LogP contribution in [0.25, 0.3) is 0 Å². The van der Waals surface area contributed by atoms with Crippen LogP contribution in [0.15, 0.2) is 46.8 Å². The Bertz CT molecular complexity index is 786. The lowest BCUT2D eigenvalue weighted by molar-refractivity contribution is -0.131. The Kier molecular flexibility index (Phi) is 7.02. The van der Waals surface area contributed by atoms with E-state index in [1.807, 2.05) is 17.0 Å². The van der Waals surface area contributed by atoms with E-state index in [-0.39, 0.29) is 17.9 Å². The number of amides is 2. The molecule has 1 aromatic carbocycles. The van der Waals surface area contributed by atoms with Crippen LogP contribution in [0.1, 0.15) is 25.3 Å². The summed E-state index contributed by atoms with van der Waals surface area (Å²) >= 11 is 9.35. The second-order valence-electron chi connectivity index (χ2n) is 6.84. The van der Waals surface area contributed by atoms with Crippen molar-refractivity contribution in [2.24, 2.45) is 0 Å². The number of carbonyl (C=O) groups is 2. The van der Waals surface area contributed by atoms with E-state index in [4.69, 9.17) is 16.3 Å². The van der Waals surface area contributed by atoms with Gasteiger partial charge in [0.25, 0.3) is 0 Å². The summed E-state index contributed by atoms with van der Waals surface area (Å²) in [5, 5.41) is 6.63. The molecule has 6 nitrogen and oxygen atoms in total. The van der Waals surface area contributed by atoms with Crippen molar-refractivity contribution in [3.05, 3.63) is 57.4 Å². The largest absolute Gasteiger partial charge is 0.489 e. The van der Waals surface area contributed by atoms with Gasteiger partial charge in [-0.05, 0) is 39.7 Å². The molecule has 0 aromatic heterocycles. The van der Waals surface area contributed by atoms with Gasteiger partial charge >= 0.3 is 0 Å².